The van der Waals surface area contributed by atoms with Crippen molar-refractivity contribution in [3.63, 3.8) is 0 Å². The molecule has 5 aromatic rings. The summed E-state index contributed by atoms with van der Waals surface area (Å²) in [5.41, 5.74) is 0.965. The van der Waals surface area contributed by atoms with Gasteiger partial charge in [-0.25, -0.2) is 0 Å². The molecule has 0 atom stereocenters. The summed E-state index contributed by atoms with van der Waals surface area (Å²) >= 11 is 25.6. The molecule has 3 heterocycles. The van der Waals surface area contributed by atoms with Crippen LogP contribution in [0.15, 0.2) is 57.7 Å². The molecule has 0 saturated carbocycles. The highest BCUT2D eigenvalue weighted by Crippen LogP contribution is 2.32. The molecule has 0 unspecified atom stereocenters. The number of benzene rings is 2. The van der Waals surface area contributed by atoms with Crippen molar-refractivity contribution in [2.24, 2.45) is 0 Å². The Morgan fingerprint density at radius 3 is 2.45 bits per heavy atom. The summed E-state index contributed by atoms with van der Waals surface area (Å²) < 4.78 is 7.52. The van der Waals surface area contributed by atoms with Crippen molar-refractivity contribution in [2.75, 3.05) is 0 Å². The molecule has 0 N–H and O–H groups in total. The quantitative estimate of drug-likeness (QED) is 0.289. The zero-order chi connectivity index (χ0) is 21.7. The number of furan rings is 1. The number of hydrogen-bond donors (Lipinski definition) is 0. The maximum atomic E-state index is 12.8. The Labute approximate surface area is 199 Å². The maximum absolute atomic E-state index is 12.8. The van der Waals surface area contributed by atoms with Gasteiger partial charge in [-0.15, -0.1) is 5.10 Å². The van der Waals surface area contributed by atoms with Gasteiger partial charge in [-0.1, -0.05) is 57.7 Å². The molecule has 5 nitrogen and oxygen atoms in total. The van der Waals surface area contributed by atoms with E-state index in [0.717, 1.165) is 0 Å². The number of nitrogens with zero attached hydrogens (tertiary/aromatic N) is 3. The number of halogens is 4. The van der Waals surface area contributed by atoms with Gasteiger partial charge in [-0.2, -0.15) is 9.50 Å². The standard InChI is InChI=1S/C21H9Cl4N3O2S/c22-10-2-5-15(24)14(7-10)17-6-3-12(30-17)9-18-20(29)28-21(31-18)26-19(27-28)13-4-1-11(23)8-16(13)25/h1-9H. The smallest absolute Gasteiger partial charge is 0.291 e. The molecular weight excluding hydrogens is 500 g/mol. The first-order valence-corrected chi connectivity index (χ1v) is 11.1. The second-order valence-electron chi connectivity index (χ2n) is 6.50. The molecule has 2 aromatic carbocycles. The van der Waals surface area contributed by atoms with Gasteiger partial charge in [-0.3, -0.25) is 4.79 Å². The highest BCUT2D eigenvalue weighted by molar-refractivity contribution is 7.15. The lowest BCUT2D eigenvalue weighted by Gasteiger charge is -2.00. The molecule has 0 saturated heterocycles. The molecule has 0 fully saturated rings. The van der Waals surface area contributed by atoms with Crippen LogP contribution in [0.3, 0.4) is 0 Å². The summed E-state index contributed by atoms with van der Waals surface area (Å²) in [4.78, 5) is 17.7. The number of hydrogen-bond acceptors (Lipinski definition) is 5. The van der Waals surface area contributed by atoms with Gasteiger partial charge in [0.2, 0.25) is 4.96 Å². The fourth-order valence-electron chi connectivity index (χ4n) is 3.01. The first kappa shape index (κ1) is 20.5. The minimum Gasteiger partial charge on any atom is -0.457 e. The van der Waals surface area contributed by atoms with Crippen LogP contribution < -0.4 is 10.1 Å². The minimum absolute atomic E-state index is 0.303. The number of aromatic nitrogens is 3. The SMILES string of the molecule is O=c1c(=Cc2ccc(-c3cc(Cl)ccc3Cl)o2)sc2nc(-c3ccc(Cl)cc3Cl)nn12. The van der Waals surface area contributed by atoms with Gasteiger partial charge in [0, 0.05) is 27.2 Å². The van der Waals surface area contributed by atoms with Crippen LogP contribution in [-0.4, -0.2) is 14.6 Å². The fraction of sp³-hybridized carbons (Fsp3) is 0. The molecule has 5 rings (SSSR count). The molecular formula is C21H9Cl4N3O2S. The first-order chi connectivity index (χ1) is 14.9. The predicted molar refractivity (Wildman–Crippen MR) is 126 cm³/mol. The van der Waals surface area contributed by atoms with E-state index in [-0.39, 0.29) is 5.56 Å². The summed E-state index contributed by atoms with van der Waals surface area (Å²) in [7, 11) is 0. The molecule has 0 bridgehead atoms. The van der Waals surface area contributed by atoms with Gasteiger partial charge in [0.15, 0.2) is 5.82 Å². The minimum atomic E-state index is -0.303. The lowest BCUT2D eigenvalue weighted by molar-refractivity contribution is 0.571. The second kappa shape index (κ2) is 7.97. The van der Waals surface area contributed by atoms with Crippen molar-refractivity contribution in [3.8, 4) is 22.7 Å². The zero-order valence-corrected chi connectivity index (χ0v) is 19.1. The van der Waals surface area contributed by atoms with Crippen LogP contribution in [0.2, 0.25) is 20.1 Å². The Hall–Kier alpha value is -2.35. The Morgan fingerprint density at radius 1 is 0.903 bits per heavy atom. The van der Waals surface area contributed by atoms with Crippen LogP contribution in [0.4, 0.5) is 0 Å². The van der Waals surface area contributed by atoms with E-state index in [9.17, 15) is 4.79 Å². The van der Waals surface area contributed by atoms with E-state index in [1.165, 1.54) is 15.9 Å². The fourth-order valence-corrected chi connectivity index (χ4v) is 4.77. The molecule has 31 heavy (non-hydrogen) atoms. The van der Waals surface area contributed by atoms with Gasteiger partial charge in [0.1, 0.15) is 16.1 Å². The summed E-state index contributed by atoms with van der Waals surface area (Å²) in [6, 6.07) is 13.6. The third-order valence-corrected chi connectivity index (χ3v) is 6.52. The number of rotatable bonds is 3. The average Bonchev–Trinajstić information content (AvgIpc) is 3.42. The third kappa shape index (κ3) is 3.86. The van der Waals surface area contributed by atoms with Gasteiger partial charge in [0.25, 0.3) is 5.56 Å². The van der Waals surface area contributed by atoms with Crippen LogP contribution >= 0.6 is 57.7 Å². The third-order valence-electron chi connectivity index (χ3n) is 4.45. The summed E-state index contributed by atoms with van der Waals surface area (Å²) in [5.74, 6) is 1.39. The normalized spacial score (nSPS) is 12.2. The molecule has 0 radical (unpaired) electrons. The Bertz CT molecular complexity index is 1570. The van der Waals surface area contributed by atoms with E-state index < -0.39 is 0 Å². The summed E-state index contributed by atoms with van der Waals surface area (Å²) in [6.45, 7) is 0. The Morgan fingerprint density at radius 2 is 1.68 bits per heavy atom. The van der Waals surface area contributed by atoms with E-state index in [0.29, 0.717) is 58.1 Å². The summed E-state index contributed by atoms with van der Waals surface area (Å²) in [5, 5.41) is 6.28. The van der Waals surface area contributed by atoms with Gasteiger partial charge < -0.3 is 4.42 Å². The van der Waals surface area contributed by atoms with E-state index >= 15 is 0 Å². The van der Waals surface area contributed by atoms with Crippen molar-refractivity contribution in [3.05, 3.63) is 89.3 Å². The van der Waals surface area contributed by atoms with Crippen LogP contribution in [0.1, 0.15) is 5.76 Å². The molecule has 0 aliphatic heterocycles. The van der Waals surface area contributed by atoms with Gasteiger partial charge >= 0.3 is 0 Å². The highest BCUT2D eigenvalue weighted by Gasteiger charge is 2.15. The highest BCUT2D eigenvalue weighted by atomic mass is 35.5. The molecule has 3 aromatic heterocycles. The lowest BCUT2D eigenvalue weighted by atomic mass is 10.2. The molecule has 0 spiro atoms. The van der Waals surface area contributed by atoms with Crippen molar-refractivity contribution in [1.29, 1.82) is 0 Å². The largest absolute Gasteiger partial charge is 0.457 e. The number of fused-ring (bicyclic) bond motifs is 1. The van der Waals surface area contributed by atoms with E-state index in [2.05, 4.69) is 10.1 Å². The van der Waals surface area contributed by atoms with Gasteiger partial charge in [0.05, 0.1) is 10.0 Å². The van der Waals surface area contributed by atoms with Crippen LogP contribution in [0.25, 0.3) is 33.7 Å². The van der Waals surface area contributed by atoms with Crippen molar-refractivity contribution in [1.82, 2.24) is 14.6 Å². The van der Waals surface area contributed by atoms with E-state index in [4.69, 9.17) is 50.8 Å². The molecule has 0 aliphatic rings. The first-order valence-electron chi connectivity index (χ1n) is 8.81. The molecule has 154 valence electrons. The number of thiazole rings is 1. The second-order valence-corrected chi connectivity index (χ2v) is 9.19. The Kier molecular flexibility index (Phi) is 5.28. The molecule has 0 amide bonds. The van der Waals surface area contributed by atoms with Crippen molar-refractivity contribution < 1.29 is 4.42 Å². The van der Waals surface area contributed by atoms with Gasteiger partial charge in [-0.05, 0) is 48.5 Å². The molecule has 10 heteroatoms. The average molecular weight is 509 g/mol. The maximum Gasteiger partial charge on any atom is 0.291 e. The summed E-state index contributed by atoms with van der Waals surface area (Å²) in [6.07, 6.45) is 1.64. The lowest BCUT2D eigenvalue weighted by Crippen LogP contribution is -2.23. The Balaban J connectivity index is 1.53. The van der Waals surface area contributed by atoms with Crippen LogP contribution in [0, 0.1) is 0 Å². The predicted octanol–water partition coefficient (Wildman–Crippen LogP) is 6.24. The van der Waals surface area contributed by atoms with E-state index in [1.807, 2.05) is 0 Å². The molecule has 0 aliphatic carbocycles. The van der Waals surface area contributed by atoms with Crippen molar-refractivity contribution in [2.45, 2.75) is 0 Å². The van der Waals surface area contributed by atoms with E-state index in [1.54, 1.807) is 54.6 Å². The topological polar surface area (TPSA) is 60.4 Å². The van der Waals surface area contributed by atoms with Crippen LogP contribution in [-0.2, 0) is 0 Å². The van der Waals surface area contributed by atoms with Crippen LogP contribution in [0.5, 0.6) is 0 Å². The zero-order valence-electron chi connectivity index (χ0n) is 15.3. The monoisotopic (exact) mass is 507 g/mol. The van der Waals surface area contributed by atoms with Crippen molar-refractivity contribution >= 4 is 68.8 Å².